The van der Waals surface area contributed by atoms with Crippen molar-refractivity contribution in [3.63, 3.8) is 0 Å². The molecule has 0 heterocycles. The van der Waals surface area contributed by atoms with Gasteiger partial charge in [-0.15, -0.1) is 0 Å². The lowest BCUT2D eigenvalue weighted by Gasteiger charge is -2.37. The molecule has 2 heteroatoms. The molecule has 0 fully saturated rings. The lowest BCUT2D eigenvalue weighted by atomic mass is 9.67. The molecule has 1 N–H and O–H groups in total. The molecule has 2 rings (SSSR count). The maximum Gasteiger partial charge on any atom is 0.328 e. The van der Waals surface area contributed by atoms with E-state index in [-0.39, 0.29) is 5.41 Å². The number of benzene rings is 1. The summed E-state index contributed by atoms with van der Waals surface area (Å²) in [6.07, 6.45) is 14.9. The highest BCUT2D eigenvalue weighted by molar-refractivity contribution is 5.81. The van der Waals surface area contributed by atoms with Crippen molar-refractivity contribution in [2.75, 3.05) is 0 Å². The van der Waals surface area contributed by atoms with Crippen molar-refractivity contribution >= 4 is 5.97 Å². The number of allylic oxidation sites excluding steroid dienone is 9. The van der Waals surface area contributed by atoms with Crippen LogP contribution in [0.2, 0.25) is 0 Å². The predicted molar refractivity (Wildman–Crippen MR) is 114 cm³/mol. The van der Waals surface area contributed by atoms with Gasteiger partial charge in [0.1, 0.15) is 0 Å². The van der Waals surface area contributed by atoms with Gasteiger partial charge in [0.2, 0.25) is 0 Å². The average Bonchev–Trinajstić information content (AvgIpc) is 2.61. The SMILES string of the molecule is CC1=C(/C=C/C(C)=C/C=C/C(C)=C/C(=O)O)[C@@](C)(c2ccccc2)CCC1. The van der Waals surface area contributed by atoms with E-state index >= 15 is 0 Å². The van der Waals surface area contributed by atoms with Crippen LogP contribution in [0, 0.1) is 0 Å². The highest BCUT2D eigenvalue weighted by atomic mass is 16.4. The van der Waals surface area contributed by atoms with E-state index in [2.05, 4.69) is 63.3 Å². The lowest BCUT2D eigenvalue weighted by Crippen LogP contribution is -2.28. The molecule has 1 aromatic rings. The zero-order chi connectivity index (χ0) is 19.9. The molecule has 0 amide bonds. The highest BCUT2D eigenvalue weighted by Crippen LogP contribution is 2.43. The van der Waals surface area contributed by atoms with E-state index in [1.54, 1.807) is 6.92 Å². The second kappa shape index (κ2) is 9.36. The van der Waals surface area contributed by atoms with Gasteiger partial charge in [-0.05, 0) is 56.7 Å². The monoisotopic (exact) mass is 362 g/mol. The lowest BCUT2D eigenvalue weighted by molar-refractivity contribution is -0.131. The van der Waals surface area contributed by atoms with Crippen molar-refractivity contribution in [3.05, 3.63) is 94.6 Å². The van der Waals surface area contributed by atoms with Crippen LogP contribution in [0.1, 0.15) is 52.5 Å². The van der Waals surface area contributed by atoms with Gasteiger partial charge in [0.15, 0.2) is 0 Å². The van der Waals surface area contributed by atoms with E-state index in [1.807, 2.05) is 18.2 Å². The molecule has 27 heavy (non-hydrogen) atoms. The minimum absolute atomic E-state index is 0.0526. The maximum absolute atomic E-state index is 10.7. The van der Waals surface area contributed by atoms with Crippen LogP contribution in [0.5, 0.6) is 0 Å². The summed E-state index contributed by atoms with van der Waals surface area (Å²) in [6, 6.07) is 10.8. The number of aliphatic carboxylic acids is 1. The smallest absolute Gasteiger partial charge is 0.328 e. The number of hydrogen-bond acceptors (Lipinski definition) is 1. The summed E-state index contributed by atoms with van der Waals surface area (Å²) in [4.78, 5) is 10.7. The summed E-state index contributed by atoms with van der Waals surface area (Å²) in [5, 5.41) is 8.75. The summed E-state index contributed by atoms with van der Waals surface area (Å²) in [7, 11) is 0. The Morgan fingerprint density at radius 3 is 2.48 bits per heavy atom. The Hall–Kier alpha value is -2.61. The topological polar surface area (TPSA) is 37.3 Å². The Kier molecular flexibility index (Phi) is 7.18. The highest BCUT2D eigenvalue weighted by Gasteiger charge is 2.33. The predicted octanol–water partition coefficient (Wildman–Crippen LogP) is 6.53. The molecule has 0 bridgehead atoms. The van der Waals surface area contributed by atoms with Crippen molar-refractivity contribution < 1.29 is 9.90 Å². The van der Waals surface area contributed by atoms with Crippen LogP contribution in [-0.4, -0.2) is 11.1 Å². The first-order valence-corrected chi connectivity index (χ1v) is 9.53. The Balaban J connectivity index is 2.23. The third-order valence-corrected chi connectivity index (χ3v) is 5.28. The summed E-state index contributed by atoms with van der Waals surface area (Å²) in [6.45, 7) is 8.45. The zero-order valence-electron chi connectivity index (χ0n) is 16.8. The summed E-state index contributed by atoms with van der Waals surface area (Å²) in [5.41, 5.74) is 6.16. The second-order valence-electron chi connectivity index (χ2n) is 7.58. The second-order valence-corrected chi connectivity index (χ2v) is 7.58. The molecule has 0 saturated carbocycles. The molecular weight excluding hydrogens is 332 g/mol. The Morgan fingerprint density at radius 1 is 1.11 bits per heavy atom. The number of carbonyl (C=O) groups is 1. The fraction of sp³-hybridized carbons (Fsp3) is 0.320. The Bertz CT molecular complexity index is 819. The van der Waals surface area contributed by atoms with Crippen LogP contribution in [0.3, 0.4) is 0 Å². The van der Waals surface area contributed by atoms with Crippen molar-refractivity contribution in [1.29, 1.82) is 0 Å². The quantitative estimate of drug-likeness (QED) is 0.461. The number of carboxylic acid groups (broad SMARTS) is 1. The molecule has 0 aliphatic heterocycles. The minimum Gasteiger partial charge on any atom is -0.478 e. The van der Waals surface area contributed by atoms with Crippen molar-refractivity contribution in [3.8, 4) is 0 Å². The van der Waals surface area contributed by atoms with E-state index in [0.717, 1.165) is 24.0 Å². The molecule has 0 aromatic heterocycles. The fourth-order valence-electron chi connectivity index (χ4n) is 3.74. The van der Waals surface area contributed by atoms with E-state index in [1.165, 1.54) is 29.2 Å². The first-order chi connectivity index (χ1) is 12.8. The van der Waals surface area contributed by atoms with Gasteiger partial charge in [0, 0.05) is 11.5 Å². The Labute approximate surface area is 163 Å². The van der Waals surface area contributed by atoms with E-state index in [9.17, 15) is 4.79 Å². The molecule has 1 aliphatic rings. The van der Waals surface area contributed by atoms with Crippen LogP contribution in [0.15, 0.2) is 89.1 Å². The van der Waals surface area contributed by atoms with Gasteiger partial charge in [-0.3, -0.25) is 0 Å². The standard InChI is InChI=1S/C25H30O2/c1-19(10-8-11-20(2)18-24(26)27)15-16-23-21(3)12-9-17-25(23,4)22-13-6-5-7-14-22/h5-8,10-11,13-16,18H,9,12,17H2,1-4H3,(H,26,27)/b11-8+,16-15+,19-10+,20-18+/t25-/m1/s1. The molecule has 142 valence electrons. The van der Waals surface area contributed by atoms with Crippen LogP contribution in [0.25, 0.3) is 0 Å². The maximum atomic E-state index is 10.7. The van der Waals surface area contributed by atoms with Gasteiger partial charge in [0.25, 0.3) is 0 Å². The van der Waals surface area contributed by atoms with Gasteiger partial charge >= 0.3 is 5.97 Å². The summed E-state index contributed by atoms with van der Waals surface area (Å²) >= 11 is 0. The van der Waals surface area contributed by atoms with Gasteiger partial charge in [0.05, 0.1) is 0 Å². The van der Waals surface area contributed by atoms with Crippen LogP contribution < -0.4 is 0 Å². The van der Waals surface area contributed by atoms with Crippen molar-refractivity contribution in [1.82, 2.24) is 0 Å². The van der Waals surface area contributed by atoms with Gasteiger partial charge in [-0.2, -0.15) is 0 Å². The van der Waals surface area contributed by atoms with Crippen molar-refractivity contribution in [2.45, 2.75) is 52.4 Å². The average molecular weight is 363 g/mol. The number of hydrogen-bond donors (Lipinski definition) is 1. The first kappa shape index (κ1) is 20.7. The van der Waals surface area contributed by atoms with Crippen molar-refractivity contribution in [2.24, 2.45) is 0 Å². The minimum atomic E-state index is -0.919. The molecule has 0 saturated heterocycles. The largest absolute Gasteiger partial charge is 0.478 e. The number of carboxylic acids is 1. The van der Waals surface area contributed by atoms with Gasteiger partial charge < -0.3 is 5.11 Å². The first-order valence-electron chi connectivity index (χ1n) is 9.53. The molecular formula is C25H30O2. The van der Waals surface area contributed by atoms with E-state index < -0.39 is 5.97 Å². The van der Waals surface area contributed by atoms with Gasteiger partial charge in [-0.25, -0.2) is 4.79 Å². The van der Waals surface area contributed by atoms with E-state index in [0.29, 0.717) is 0 Å². The van der Waals surface area contributed by atoms with E-state index in [4.69, 9.17) is 5.11 Å². The molecule has 1 aliphatic carbocycles. The molecule has 1 atom stereocenters. The molecule has 0 unspecified atom stereocenters. The molecule has 2 nitrogen and oxygen atoms in total. The number of rotatable bonds is 6. The Morgan fingerprint density at radius 2 is 1.81 bits per heavy atom. The summed E-state index contributed by atoms with van der Waals surface area (Å²) < 4.78 is 0. The summed E-state index contributed by atoms with van der Waals surface area (Å²) in [5.74, 6) is -0.919. The molecule has 0 radical (unpaired) electrons. The fourth-order valence-corrected chi connectivity index (χ4v) is 3.74. The third kappa shape index (κ3) is 5.68. The molecule has 0 spiro atoms. The molecule has 1 aromatic carbocycles. The normalized spacial score (nSPS) is 22.1. The zero-order valence-corrected chi connectivity index (χ0v) is 16.8. The van der Waals surface area contributed by atoms with Gasteiger partial charge in [-0.1, -0.05) is 78.8 Å². The van der Waals surface area contributed by atoms with Crippen LogP contribution >= 0.6 is 0 Å². The third-order valence-electron chi connectivity index (χ3n) is 5.28. The van der Waals surface area contributed by atoms with Crippen LogP contribution in [-0.2, 0) is 10.2 Å². The van der Waals surface area contributed by atoms with Crippen LogP contribution in [0.4, 0.5) is 0 Å².